The largest absolute Gasteiger partial charge is 0.456 e. The summed E-state index contributed by atoms with van der Waals surface area (Å²) in [5, 5.41) is 0.638. The van der Waals surface area contributed by atoms with E-state index in [1.807, 2.05) is 24.3 Å². The maximum atomic E-state index is 13.1. The molecule has 0 spiro atoms. The lowest BCUT2D eigenvalue weighted by Gasteiger charge is -2.26. The fourth-order valence-electron chi connectivity index (χ4n) is 2.72. The van der Waals surface area contributed by atoms with E-state index in [0.29, 0.717) is 17.1 Å². The second-order valence-electron chi connectivity index (χ2n) is 5.51. The quantitative estimate of drug-likeness (QED) is 0.556. The Morgan fingerprint density at radius 2 is 2.08 bits per heavy atom. The number of nitrogens with zero attached hydrogens (tertiary/aromatic N) is 2. The van der Waals surface area contributed by atoms with Crippen molar-refractivity contribution in [3.63, 3.8) is 0 Å². The Bertz CT molecular complexity index is 826. The Kier molecular flexibility index (Phi) is 5.56. The van der Waals surface area contributed by atoms with Crippen LogP contribution in [-0.2, 0) is 16.0 Å². The number of carbonyl (C=O) groups excluding carboxylic acids is 1. The molecule has 25 heavy (non-hydrogen) atoms. The van der Waals surface area contributed by atoms with E-state index in [4.69, 9.17) is 27.9 Å². The molecule has 0 radical (unpaired) electrons. The van der Waals surface area contributed by atoms with Gasteiger partial charge in [-0.1, -0.05) is 41.4 Å². The highest BCUT2D eigenvalue weighted by Gasteiger charge is 2.22. The number of para-hydroxylation sites is 1. The van der Waals surface area contributed by atoms with E-state index >= 15 is 0 Å². The van der Waals surface area contributed by atoms with Crippen LogP contribution in [0, 0.1) is 0 Å². The van der Waals surface area contributed by atoms with Gasteiger partial charge in [-0.3, -0.25) is 0 Å². The lowest BCUT2D eigenvalue weighted by Crippen LogP contribution is -2.27. The number of pyridine rings is 1. The van der Waals surface area contributed by atoms with E-state index in [-0.39, 0.29) is 18.3 Å². The summed E-state index contributed by atoms with van der Waals surface area (Å²) in [6, 6.07) is 9.37. The van der Waals surface area contributed by atoms with Crippen LogP contribution in [0.15, 0.2) is 48.3 Å². The first-order chi connectivity index (χ1) is 12.1. The number of rotatable bonds is 6. The van der Waals surface area contributed by atoms with Gasteiger partial charge in [-0.25, -0.2) is 14.2 Å². The summed E-state index contributed by atoms with van der Waals surface area (Å²) < 4.78 is 18.1. The molecule has 1 aliphatic rings. The summed E-state index contributed by atoms with van der Waals surface area (Å²) in [7, 11) is 0. The monoisotopic (exact) mass is 380 g/mol. The lowest BCUT2D eigenvalue weighted by atomic mass is 10.0. The Morgan fingerprint density at radius 1 is 1.28 bits per heavy atom. The van der Waals surface area contributed by atoms with Crippen LogP contribution in [0.25, 0.3) is 0 Å². The van der Waals surface area contributed by atoms with Crippen LogP contribution in [-0.4, -0.2) is 30.8 Å². The topological polar surface area (TPSA) is 42.4 Å². The number of hydrogen-bond acceptors (Lipinski definition) is 4. The normalized spacial score (nSPS) is 13.6. The first kappa shape index (κ1) is 17.7. The number of cyclic esters (lactones) is 1. The smallest absolute Gasteiger partial charge is 0.333 e. The second kappa shape index (κ2) is 7.85. The zero-order valence-electron chi connectivity index (χ0n) is 13.2. The fraction of sp³-hybridized carbons (Fsp3) is 0.222. The first-order valence-corrected chi connectivity index (χ1v) is 8.42. The van der Waals surface area contributed by atoms with Crippen LogP contribution >= 0.6 is 23.2 Å². The van der Waals surface area contributed by atoms with Crippen LogP contribution in [0.4, 0.5) is 10.1 Å². The average molecular weight is 381 g/mol. The van der Waals surface area contributed by atoms with Crippen LogP contribution in [0.5, 0.6) is 0 Å². The van der Waals surface area contributed by atoms with Crippen LogP contribution in [0.2, 0.25) is 10.2 Å². The molecular weight excluding hydrogens is 366 g/mol. The number of esters is 1. The number of anilines is 1. The van der Waals surface area contributed by atoms with Gasteiger partial charge in [0.25, 0.3) is 0 Å². The molecule has 0 unspecified atom stereocenters. The summed E-state index contributed by atoms with van der Waals surface area (Å²) in [4.78, 5) is 17.2. The summed E-state index contributed by atoms with van der Waals surface area (Å²) in [6.07, 6.45) is 3.60. The number of benzene rings is 1. The molecule has 0 saturated heterocycles. The van der Waals surface area contributed by atoms with Gasteiger partial charge in [-0.15, -0.1) is 0 Å². The maximum Gasteiger partial charge on any atom is 0.333 e. The third-order valence-corrected chi connectivity index (χ3v) is 4.52. The highest BCUT2D eigenvalue weighted by Crippen LogP contribution is 2.29. The Labute approximate surface area is 154 Å². The molecule has 3 rings (SSSR count). The van der Waals surface area contributed by atoms with Crippen molar-refractivity contribution in [2.75, 3.05) is 24.7 Å². The standard InChI is InChI=1S/C18H15Cl2FN2O2/c19-15-8-12(10-22-18(15)20)7-13-3-1-2-4-16(13)23(6-5-21)14-9-17(24)25-11-14/h1-4,8-10H,5-7,11H2. The summed E-state index contributed by atoms with van der Waals surface area (Å²) >= 11 is 11.9. The Morgan fingerprint density at radius 3 is 2.76 bits per heavy atom. The van der Waals surface area contributed by atoms with Crippen LogP contribution in [0.1, 0.15) is 11.1 Å². The van der Waals surface area contributed by atoms with Crippen molar-refractivity contribution in [3.05, 3.63) is 69.6 Å². The van der Waals surface area contributed by atoms with Gasteiger partial charge < -0.3 is 9.64 Å². The van der Waals surface area contributed by atoms with Gasteiger partial charge in [-0.05, 0) is 23.3 Å². The van der Waals surface area contributed by atoms with E-state index < -0.39 is 12.6 Å². The number of alkyl halides is 1. The molecule has 4 nitrogen and oxygen atoms in total. The SMILES string of the molecule is O=C1C=C(N(CCF)c2ccccc2Cc2cnc(Cl)c(Cl)c2)CO1. The third kappa shape index (κ3) is 4.11. The van der Waals surface area contributed by atoms with Crippen molar-refractivity contribution < 1.29 is 13.9 Å². The minimum Gasteiger partial charge on any atom is -0.456 e. The number of hydrogen-bond donors (Lipinski definition) is 0. The van der Waals surface area contributed by atoms with Crippen molar-refractivity contribution in [2.24, 2.45) is 0 Å². The van der Waals surface area contributed by atoms with Gasteiger partial charge in [0.15, 0.2) is 0 Å². The minimum atomic E-state index is -0.547. The molecule has 1 aromatic heterocycles. The van der Waals surface area contributed by atoms with Gasteiger partial charge in [-0.2, -0.15) is 0 Å². The summed E-state index contributed by atoms with van der Waals surface area (Å²) in [6.45, 7) is -0.269. The number of ether oxygens (including phenoxy) is 1. The molecule has 2 heterocycles. The molecule has 7 heteroatoms. The number of aromatic nitrogens is 1. The highest BCUT2D eigenvalue weighted by molar-refractivity contribution is 6.41. The molecule has 2 aromatic rings. The van der Waals surface area contributed by atoms with E-state index in [1.165, 1.54) is 6.08 Å². The Hall–Kier alpha value is -2.11. The summed E-state index contributed by atoms with van der Waals surface area (Å²) in [5.74, 6) is -0.412. The molecule has 0 N–H and O–H groups in total. The molecular formula is C18H15Cl2FN2O2. The maximum absolute atomic E-state index is 13.1. The molecule has 130 valence electrons. The van der Waals surface area contributed by atoms with Crippen molar-refractivity contribution in [3.8, 4) is 0 Å². The van der Waals surface area contributed by atoms with Crippen molar-refractivity contribution in [1.82, 2.24) is 4.98 Å². The molecule has 0 aliphatic carbocycles. The predicted octanol–water partition coefficient (Wildman–Crippen LogP) is 4.20. The molecule has 0 saturated carbocycles. The zero-order valence-corrected chi connectivity index (χ0v) is 14.7. The second-order valence-corrected chi connectivity index (χ2v) is 6.27. The van der Waals surface area contributed by atoms with E-state index in [0.717, 1.165) is 16.8 Å². The predicted molar refractivity (Wildman–Crippen MR) is 95.9 cm³/mol. The molecule has 1 aromatic carbocycles. The fourth-order valence-corrected chi connectivity index (χ4v) is 3.02. The van der Waals surface area contributed by atoms with Gasteiger partial charge in [0.2, 0.25) is 0 Å². The van der Waals surface area contributed by atoms with Gasteiger partial charge in [0.1, 0.15) is 18.4 Å². The zero-order chi connectivity index (χ0) is 17.8. The van der Waals surface area contributed by atoms with E-state index in [1.54, 1.807) is 17.2 Å². The van der Waals surface area contributed by atoms with E-state index in [2.05, 4.69) is 4.98 Å². The lowest BCUT2D eigenvalue weighted by molar-refractivity contribution is -0.134. The average Bonchev–Trinajstić information content (AvgIpc) is 3.03. The molecule has 0 bridgehead atoms. The van der Waals surface area contributed by atoms with Crippen LogP contribution in [0.3, 0.4) is 0 Å². The third-order valence-electron chi connectivity index (χ3n) is 3.83. The van der Waals surface area contributed by atoms with Crippen molar-refractivity contribution in [1.29, 1.82) is 0 Å². The number of carbonyl (C=O) groups is 1. The minimum absolute atomic E-state index is 0.138. The summed E-state index contributed by atoms with van der Waals surface area (Å²) in [5.41, 5.74) is 3.30. The van der Waals surface area contributed by atoms with Gasteiger partial charge >= 0.3 is 5.97 Å². The Balaban J connectivity index is 1.94. The van der Waals surface area contributed by atoms with Crippen molar-refractivity contribution in [2.45, 2.75) is 6.42 Å². The number of halogens is 3. The molecule has 0 amide bonds. The van der Waals surface area contributed by atoms with E-state index in [9.17, 15) is 9.18 Å². The molecule has 0 fully saturated rings. The first-order valence-electron chi connectivity index (χ1n) is 7.67. The highest BCUT2D eigenvalue weighted by atomic mass is 35.5. The molecule has 0 atom stereocenters. The molecule has 1 aliphatic heterocycles. The van der Waals surface area contributed by atoms with Crippen molar-refractivity contribution >= 4 is 34.9 Å². The van der Waals surface area contributed by atoms with Gasteiger partial charge in [0, 0.05) is 24.4 Å². The van der Waals surface area contributed by atoms with Gasteiger partial charge in [0.05, 0.1) is 17.3 Å². The van der Waals surface area contributed by atoms with Crippen LogP contribution < -0.4 is 4.90 Å².